The summed E-state index contributed by atoms with van der Waals surface area (Å²) < 4.78 is 67.6. The fourth-order valence-corrected chi connectivity index (χ4v) is 10.2. The lowest BCUT2D eigenvalue weighted by atomic mass is 10.0. The molecule has 0 amide bonds. The number of esters is 4. The van der Waals surface area contributed by atoms with Gasteiger partial charge in [-0.15, -0.1) is 0 Å². The van der Waals surface area contributed by atoms with Gasteiger partial charge in [0.1, 0.15) is 19.3 Å². The molecule has 0 aromatic rings. The Morgan fingerprint density at radius 2 is 0.590 bits per heavy atom. The Morgan fingerprint density at radius 1 is 0.346 bits per heavy atom. The van der Waals surface area contributed by atoms with Crippen LogP contribution < -0.4 is 0 Å². The molecule has 0 aliphatic heterocycles. The van der Waals surface area contributed by atoms with Gasteiger partial charge in [0.25, 0.3) is 0 Å². The third kappa shape index (κ3) is 53.4. The summed E-state index contributed by atoms with van der Waals surface area (Å²) in [5.41, 5.74) is 0. The first-order valence-electron chi connectivity index (χ1n) is 31.0. The van der Waals surface area contributed by atoms with Crippen LogP contribution in [0.4, 0.5) is 0 Å². The van der Waals surface area contributed by atoms with E-state index >= 15 is 0 Å². The van der Waals surface area contributed by atoms with Crippen molar-refractivity contribution in [2.45, 2.75) is 304 Å². The van der Waals surface area contributed by atoms with Crippen LogP contribution in [0.5, 0.6) is 0 Å². The van der Waals surface area contributed by atoms with Gasteiger partial charge < -0.3 is 33.8 Å². The molecular formula is C59H114O17P2. The summed E-state index contributed by atoms with van der Waals surface area (Å²) in [5, 5.41) is 10.5. The van der Waals surface area contributed by atoms with Crippen LogP contribution >= 0.6 is 15.6 Å². The molecule has 2 unspecified atom stereocenters. The number of carbonyl (C=O) groups excluding carboxylic acids is 4. The minimum atomic E-state index is -4.94. The largest absolute Gasteiger partial charge is 0.472 e. The van der Waals surface area contributed by atoms with E-state index in [2.05, 4.69) is 41.5 Å². The Morgan fingerprint density at radius 3 is 0.872 bits per heavy atom. The van der Waals surface area contributed by atoms with Gasteiger partial charge in [0.2, 0.25) is 0 Å². The van der Waals surface area contributed by atoms with E-state index in [0.29, 0.717) is 25.7 Å². The molecule has 0 saturated heterocycles. The number of carbonyl (C=O) groups is 4. The van der Waals surface area contributed by atoms with Gasteiger partial charge in [-0.25, -0.2) is 9.13 Å². The first-order chi connectivity index (χ1) is 37.4. The number of hydrogen-bond donors (Lipinski definition) is 3. The van der Waals surface area contributed by atoms with E-state index in [1.54, 1.807) is 0 Å². The van der Waals surface area contributed by atoms with Crippen LogP contribution in [-0.2, 0) is 65.4 Å². The molecule has 0 aromatic heterocycles. The molecular weight excluding hydrogens is 1040 g/mol. The fraction of sp³-hybridized carbons (Fsp3) is 0.932. The highest BCUT2D eigenvalue weighted by Gasteiger charge is 2.30. The predicted molar refractivity (Wildman–Crippen MR) is 308 cm³/mol. The Hall–Kier alpha value is -1.94. The molecule has 0 bridgehead atoms. The molecule has 0 heterocycles. The lowest BCUT2D eigenvalue weighted by Gasteiger charge is -2.21. The number of phosphoric acid groups is 2. The first kappa shape index (κ1) is 76.1. The smallest absolute Gasteiger partial charge is 0.462 e. The van der Waals surface area contributed by atoms with Crippen LogP contribution in [-0.4, -0.2) is 96.7 Å². The van der Waals surface area contributed by atoms with Crippen molar-refractivity contribution < 1.29 is 80.2 Å². The molecule has 0 aliphatic carbocycles. The Labute approximate surface area is 473 Å². The zero-order valence-electron chi connectivity index (χ0n) is 50.0. The van der Waals surface area contributed by atoms with Gasteiger partial charge in [-0.05, 0) is 37.5 Å². The van der Waals surface area contributed by atoms with Crippen molar-refractivity contribution in [3.8, 4) is 0 Å². The average Bonchev–Trinajstić information content (AvgIpc) is 3.39. The van der Waals surface area contributed by atoms with Gasteiger partial charge in [0.15, 0.2) is 12.2 Å². The highest BCUT2D eigenvalue weighted by molar-refractivity contribution is 7.47. The summed E-state index contributed by atoms with van der Waals surface area (Å²) in [5.74, 6) is -0.686. The zero-order chi connectivity index (χ0) is 58.0. The minimum Gasteiger partial charge on any atom is -0.462 e. The summed E-state index contributed by atoms with van der Waals surface area (Å²) >= 11 is 0. The lowest BCUT2D eigenvalue weighted by molar-refractivity contribution is -0.161. The molecule has 462 valence electrons. The van der Waals surface area contributed by atoms with Gasteiger partial charge in [-0.1, -0.05) is 234 Å². The van der Waals surface area contributed by atoms with Crippen molar-refractivity contribution in [2.75, 3.05) is 39.6 Å². The van der Waals surface area contributed by atoms with Gasteiger partial charge in [0, 0.05) is 25.7 Å². The van der Waals surface area contributed by atoms with Crippen LogP contribution in [0.3, 0.4) is 0 Å². The van der Waals surface area contributed by atoms with Crippen molar-refractivity contribution in [3.05, 3.63) is 0 Å². The van der Waals surface area contributed by atoms with E-state index in [1.807, 2.05) is 0 Å². The summed E-state index contributed by atoms with van der Waals surface area (Å²) in [6.07, 6.45) is 32.3. The standard InChI is InChI=1S/C59H114O17P2/c1-7-9-11-13-15-24-31-37-43-58(63)75-54(47-69-56(61)41-35-29-21-14-12-10-8-2)49-73-77(65,66)71-45-53(60)46-72-78(67,68)74-50-55(48-70-57(62)42-36-30-25-20-19-23-28-34-40-52(5)6)76-59(64)44-38-32-26-18-16-17-22-27-33-39-51(3)4/h51-55,60H,7-50H2,1-6H3,(H,65,66)(H,67,68)/t53-,54+,55+/m0/s1. The zero-order valence-corrected chi connectivity index (χ0v) is 51.7. The minimum absolute atomic E-state index is 0.104. The second-order valence-corrected chi connectivity index (χ2v) is 25.2. The second kappa shape index (κ2) is 51.9. The fourth-order valence-electron chi connectivity index (χ4n) is 8.65. The summed E-state index contributed by atoms with van der Waals surface area (Å²) in [4.78, 5) is 71.8. The van der Waals surface area contributed by atoms with Crippen molar-refractivity contribution in [1.29, 1.82) is 0 Å². The maximum atomic E-state index is 12.9. The van der Waals surface area contributed by atoms with Crippen molar-refractivity contribution in [2.24, 2.45) is 11.8 Å². The number of ether oxygens (including phenoxy) is 4. The Balaban J connectivity index is 5.21. The predicted octanol–water partition coefficient (Wildman–Crippen LogP) is 15.7. The Bertz CT molecular complexity index is 1550. The van der Waals surface area contributed by atoms with E-state index in [9.17, 15) is 43.2 Å². The summed E-state index contributed by atoms with van der Waals surface area (Å²) in [6.45, 7) is 9.33. The maximum Gasteiger partial charge on any atom is 0.472 e. The normalized spacial score (nSPS) is 14.4. The average molecular weight is 1160 g/mol. The molecule has 0 saturated carbocycles. The van der Waals surface area contributed by atoms with E-state index in [4.69, 9.17) is 37.0 Å². The quantitative estimate of drug-likeness (QED) is 0.0222. The molecule has 0 radical (unpaired) electrons. The highest BCUT2D eigenvalue weighted by Crippen LogP contribution is 2.45. The molecule has 0 rings (SSSR count). The molecule has 78 heavy (non-hydrogen) atoms. The maximum absolute atomic E-state index is 12.9. The molecule has 0 spiro atoms. The number of aliphatic hydroxyl groups excluding tert-OH is 1. The Kier molecular flexibility index (Phi) is 50.6. The summed E-state index contributed by atoms with van der Waals surface area (Å²) in [7, 11) is -9.87. The second-order valence-electron chi connectivity index (χ2n) is 22.3. The molecule has 0 aromatic carbocycles. The van der Waals surface area contributed by atoms with Crippen LogP contribution in [0.2, 0.25) is 0 Å². The molecule has 19 heteroatoms. The van der Waals surface area contributed by atoms with Crippen molar-refractivity contribution >= 4 is 39.5 Å². The number of hydrogen-bond acceptors (Lipinski definition) is 15. The highest BCUT2D eigenvalue weighted by atomic mass is 31.2. The topological polar surface area (TPSA) is 237 Å². The van der Waals surface area contributed by atoms with Crippen LogP contribution in [0, 0.1) is 11.8 Å². The van der Waals surface area contributed by atoms with Gasteiger partial charge in [-0.3, -0.25) is 37.3 Å². The first-order valence-corrected chi connectivity index (χ1v) is 34.0. The van der Waals surface area contributed by atoms with Crippen LogP contribution in [0.15, 0.2) is 0 Å². The van der Waals surface area contributed by atoms with E-state index < -0.39 is 97.5 Å². The number of aliphatic hydroxyl groups is 1. The van der Waals surface area contributed by atoms with Crippen LogP contribution in [0.25, 0.3) is 0 Å². The van der Waals surface area contributed by atoms with E-state index in [1.165, 1.54) is 83.5 Å². The van der Waals surface area contributed by atoms with Gasteiger partial charge >= 0.3 is 39.5 Å². The van der Waals surface area contributed by atoms with Crippen molar-refractivity contribution in [3.63, 3.8) is 0 Å². The number of phosphoric ester groups is 2. The third-order valence-corrected chi connectivity index (χ3v) is 15.4. The monoisotopic (exact) mass is 1160 g/mol. The molecule has 5 atom stereocenters. The van der Waals surface area contributed by atoms with Gasteiger partial charge in [0.05, 0.1) is 26.4 Å². The molecule has 0 aliphatic rings. The SMILES string of the molecule is CCCCCCCCCCC(=O)O[C@H](COC(=O)CCCCCCCCC)COP(=O)(O)OC[C@H](O)COP(=O)(O)OC[C@@H](COC(=O)CCCCCCCCCCC(C)C)OC(=O)CCCCCCCCCCCC(C)C. The van der Waals surface area contributed by atoms with E-state index in [0.717, 1.165) is 121 Å². The number of unbranched alkanes of at least 4 members (excludes halogenated alkanes) is 28. The summed E-state index contributed by atoms with van der Waals surface area (Å²) in [6, 6.07) is 0. The van der Waals surface area contributed by atoms with Crippen LogP contribution in [0.1, 0.15) is 286 Å². The molecule has 0 fully saturated rings. The van der Waals surface area contributed by atoms with Crippen molar-refractivity contribution in [1.82, 2.24) is 0 Å². The molecule has 17 nitrogen and oxygen atoms in total. The van der Waals surface area contributed by atoms with E-state index in [-0.39, 0.29) is 25.7 Å². The molecule has 3 N–H and O–H groups in total. The number of rotatable bonds is 58. The van der Waals surface area contributed by atoms with Gasteiger partial charge in [-0.2, -0.15) is 0 Å². The third-order valence-electron chi connectivity index (χ3n) is 13.5. The lowest BCUT2D eigenvalue weighted by Crippen LogP contribution is -2.30.